The third-order valence-corrected chi connectivity index (χ3v) is 9.21. The molecule has 1 saturated heterocycles. The van der Waals surface area contributed by atoms with Crippen molar-refractivity contribution in [3.8, 4) is 0 Å². The highest BCUT2D eigenvalue weighted by molar-refractivity contribution is 7.92. The summed E-state index contributed by atoms with van der Waals surface area (Å²) in [5, 5.41) is 3.37. The highest BCUT2D eigenvalue weighted by atomic mass is 32.1. The third kappa shape index (κ3) is 6.15. The van der Waals surface area contributed by atoms with Crippen molar-refractivity contribution in [2.24, 2.45) is 20.0 Å². The zero-order valence-electron chi connectivity index (χ0n) is 27.1. The summed E-state index contributed by atoms with van der Waals surface area (Å²) >= 11 is 11.6. The summed E-state index contributed by atoms with van der Waals surface area (Å²) < 4.78 is 0. The van der Waals surface area contributed by atoms with Crippen molar-refractivity contribution in [1.29, 1.82) is 0 Å². The second kappa shape index (κ2) is 14.2. The fraction of sp³-hybridized carbons (Fsp3) is 0.529. The fourth-order valence-corrected chi connectivity index (χ4v) is 6.77. The van der Waals surface area contributed by atoms with Gasteiger partial charge in [0.25, 0.3) is 0 Å². The molecule has 0 aliphatic carbocycles. The molecule has 0 amide bonds. The topological polar surface area (TPSA) is 109 Å². The van der Waals surface area contributed by atoms with Crippen LogP contribution in [0.2, 0.25) is 0 Å². The molecule has 0 atom stereocenters. The molecule has 0 spiro atoms. The van der Waals surface area contributed by atoms with Crippen molar-refractivity contribution in [3.05, 3.63) is 44.4 Å². The predicted molar refractivity (Wildman–Crippen MR) is 191 cm³/mol. The zero-order chi connectivity index (χ0) is 31.4. The van der Waals surface area contributed by atoms with Crippen LogP contribution < -0.4 is 16.3 Å². The molecule has 3 aromatic rings. The second-order valence-corrected chi connectivity index (χ2v) is 12.6. The molecule has 3 aromatic heterocycles. The van der Waals surface area contributed by atoms with Gasteiger partial charge in [-0.2, -0.15) is 0 Å². The van der Waals surface area contributed by atoms with Gasteiger partial charge in [-0.3, -0.25) is 0 Å². The number of aromatic amines is 3. The molecular weight excluding hydrogens is 585 g/mol. The van der Waals surface area contributed by atoms with Gasteiger partial charge in [-0.1, -0.05) is 105 Å². The highest BCUT2D eigenvalue weighted by Gasteiger charge is 2.30. The van der Waals surface area contributed by atoms with E-state index in [1.54, 1.807) is 0 Å². The van der Waals surface area contributed by atoms with Crippen molar-refractivity contribution in [2.45, 2.75) is 119 Å². The van der Waals surface area contributed by atoms with E-state index in [0.717, 1.165) is 111 Å². The van der Waals surface area contributed by atoms with Crippen LogP contribution >= 0.6 is 24.4 Å². The van der Waals surface area contributed by atoms with Crippen LogP contribution in [-0.2, 0) is 38.5 Å². The Bertz CT molecular complexity index is 1620. The van der Waals surface area contributed by atoms with Gasteiger partial charge >= 0.3 is 0 Å². The van der Waals surface area contributed by atoms with Crippen molar-refractivity contribution in [3.63, 3.8) is 0 Å². The van der Waals surface area contributed by atoms with Crippen LogP contribution in [0.5, 0.6) is 0 Å². The molecule has 2 aliphatic rings. The van der Waals surface area contributed by atoms with E-state index in [9.17, 15) is 0 Å². The van der Waals surface area contributed by atoms with Crippen molar-refractivity contribution < 1.29 is 0 Å². The number of nitrogens with zero attached hydrogens (tertiary/aromatic N) is 4. The van der Waals surface area contributed by atoms with E-state index in [1.165, 1.54) is 33.4 Å². The Hall–Kier alpha value is -3.24. The summed E-state index contributed by atoms with van der Waals surface area (Å²) in [6.45, 7) is 13.3. The molecular formula is C34H46N8S2. The van der Waals surface area contributed by atoms with Gasteiger partial charge in [-0.05, 0) is 38.5 Å². The van der Waals surface area contributed by atoms with Gasteiger partial charge < -0.3 is 20.3 Å². The minimum Gasteiger partial charge on any atom is -0.324 e. The molecule has 5 rings (SSSR count). The van der Waals surface area contributed by atoms with Gasteiger partial charge in [0.05, 0.1) is 0 Å². The van der Waals surface area contributed by atoms with Gasteiger partial charge in [0.2, 0.25) is 0 Å². The van der Waals surface area contributed by atoms with Crippen LogP contribution in [-0.4, -0.2) is 36.4 Å². The summed E-state index contributed by atoms with van der Waals surface area (Å²) in [5.74, 6) is 4.41. The Labute approximate surface area is 271 Å². The van der Waals surface area contributed by atoms with Gasteiger partial charge in [0.1, 0.15) is 44.0 Å². The summed E-state index contributed by atoms with van der Waals surface area (Å²) in [4.78, 5) is 32.7. The Kier molecular flexibility index (Phi) is 10.4. The first-order valence-electron chi connectivity index (χ1n) is 16.6. The minimum atomic E-state index is 0.515. The van der Waals surface area contributed by atoms with Crippen LogP contribution in [0.25, 0.3) is 0 Å². The Morgan fingerprint density at radius 2 is 0.705 bits per heavy atom. The lowest BCUT2D eigenvalue weighted by Gasteiger charge is -2.05. The molecule has 0 saturated carbocycles. The average Bonchev–Trinajstić information content (AvgIpc) is 3.67. The molecule has 10 heteroatoms. The van der Waals surface area contributed by atoms with E-state index >= 15 is 0 Å². The Morgan fingerprint density at radius 3 is 1.02 bits per heavy atom. The number of fused-ring (bicyclic) bond motifs is 8. The monoisotopic (exact) mass is 630 g/mol. The largest absolute Gasteiger partial charge is 0.324 e. The molecule has 1 fully saturated rings. The van der Waals surface area contributed by atoms with Crippen LogP contribution in [0.3, 0.4) is 0 Å². The molecule has 0 aromatic carbocycles. The molecule has 8 nitrogen and oxygen atoms in total. The normalized spacial score (nSPS) is 14.3. The first-order chi connectivity index (χ1) is 21.4. The predicted octanol–water partition coefficient (Wildman–Crippen LogP) is 7.71. The molecule has 44 heavy (non-hydrogen) atoms. The smallest absolute Gasteiger partial charge is 0.153 e. The number of rotatable bonds is 12. The van der Waals surface area contributed by atoms with Crippen LogP contribution in [0.1, 0.15) is 113 Å². The lowest BCUT2D eigenvalue weighted by molar-refractivity contribution is 0.851. The number of hydrogen-bond donors (Lipinski definition) is 4. The van der Waals surface area contributed by atoms with Crippen molar-refractivity contribution >= 4 is 69.1 Å². The quantitative estimate of drug-likeness (QED) is 0.154. The third-order valence-electron chi connectivity index (χ3n) is 8.29. The molecule has 0 radical (unpaired) electrons. The van der Waals surface area contributed by atoms with Gasteiger partial charge in [-0.15, -0.1) is 0 Å². The number of aliphatic imine (C=N–C) groups is 2. The fourth-order valence-electron chi connectivity index (χ4n) is 6.38. The maximum atomic E-state index is 5.82. The minimum absolute atomic E-state index is 0.515. The van der Waals surface area contributed by atoms with Crippen LogP contribution in [0.4, 0.5) is 23.3 Å². The van der Waals surface area contributed by atoms with Crippen LogP contribution in [0.15, 0.2) is 20.0 Å². The number of hydrogen-bond acceptors (Lipinski definition) is 7. The number of thiocarbonyl (C=S) groups is 2. The molecule has 234 valence electrons. The molecule has 8 bridgehead atoms. The molecule has 4 N–H and O–H groups in total. The molecule has 2 aliphatic heterocycles. The number of H-pyrrole nitrogens is 3. The summed E-state index contributed by atoms with van der Waals surface area (Å²) in [7, 11) is 0. The maximum absolute atomic E-state index is 5.82. The Morgan fingerprint density at radius 1 is 0.409 bits per heavy atom. The summed E-state index contributed by atoms with van der Waals surface area (Å²) in [5.41, 5.74) is 9.09. The molecule has 5 heterocycles. The first kappa shape index (κ1) is 32.2. The van der Waals surface area contributed by atoms with Crippen LogP contribution in [0, 0.1) is 0 Å². The van der Waals surface area contributed by atoms with E-state index in [2.05, 4.69) is 61.8 Å². The standard InChI is InChI=1S/C34H46N8S2/c1-7-13-19-20(14-8-2)28-35-27(19)36-29-21(15-9-3)23(17-11-5)31(38-29)40-33-25(43)26(44)34(42-33)41-32-24(18-12-6)22(16-10-4)30(37-28)39-32/h38-39H,7-18H2,1-6H3,(H,35,36,37)(H,40,41,42). The van der Waals surface area contributed by atoms with E-state index in [4.69, 9.17) is 44.4 Å². The average molecular weight is 631 g/mol. The van der Waals surface area contributed by atoms with E-state index < -0.39 is 0 Å². The van der Waals surface area contributed by atoms with E-state index in [1.807, 2.05) is 0 Å². The van der Waals surface area contributed by atoms with E-state index in [0.29, 0.717) is 21.4 Å². The number of amidine groups is 2. The lowest BCUT2D eigenvalue weighted by atomic mass is 10.0. The maximum Gasteiger partial charge on any atom is 0.153 e. The Balaban J connectivity index is 1.92. The van der Waals surface area contributed by atoms with Gasteiger partial charge in [0.15, 0.2) is 11.7 Å². The van der Waals surface area contributed by atoms with Gasteiger partial charge in [0, 0.05) is 33.4 Å². The number of aromatic nitrogens is 3. The summed E-state index contributed by atoms with van der Waals surface area (Å²) in [6.07, 6.45) is 11.5. The van der Waals surface area contributed by atoms with Gasteiger partial charge in [-0.25, -0.2) is 20.0 Å². The zero-order valence-corrected chi connectivity index (χ0v) is 28.7. The molecule has 0 unspecified atom stereocenters. The second-order valence-electron chi connectivity index (χ2n) is 11.8. The first-order valence-corrected chi connectivity index (χ1v) is 17.4. The highest BCUT2D eigenvalue weighted by Crippen LogP contribution is 2.36. The summed E-state index contributed by atoms with van der Waals surface area (Å²) in [6, 6.07) is 0. The number of nitrogens with one attached hydrogen (secondary N) is 4. The lowest BCUT2D eigenvalue weighted by Crippen LogP contribution is -2.22. The van der Waals surface area contributed by atoms with Crippen molar-refractivity contribution in [1.82, 2.24) is 20.3 Å². The van der Waals surface area contributed by atoms with Crippen molar-refractivity contribution in [2.75, 3.05) is 0 Å². The SMILES string of the molecule is CCCc1c2[nH]c(c1CCC)N=c1[nH]c(c(CCC)c1CCC)=Nc1[nH]c(c(CCC)c1CCC)N=C1NC(=N2)C(=S)C1=S. The van der Waals surface area contributed by atoms with E-state index in [-0.39, 0.29) is 0 Å².